The predicted molar refractivity (Wildman–Crippen MR) is 164 cm³/mol. The second-order valence-corrected chi connectivity index (χ2v) is 10.7. The Morgan fingerprint density at radius 3 is 1.11 bits per heavy atom. The Labute approximate surface area is 318 Å². The van der Waals surface area contributed by atoms with Gasteiger partial charge in [-0.15, -0.1) is 12.1 Å². The maximum absolute atomic E-state index is 13.2. The minimum Gasteiger partial charge on any atom is -0.543 e. The average molecular weight is 975 g/mol. The number of halogens is 12. The van der Waals surface area contributed by atoms with Gasteiger partial charge in [0.1, 0.15) is 22.1 Å². The van der Waals surface area contributed by atoms with Gasteiger partial charge in [-0.3, -0.25) is 4.98 Å². The van der Waals surface area contributed by atoms with Crippen molar-refractivity contribution in [1.82, 2.24) is 35.0 Å². The number of carboxylic acid groups (broad SMARTS) is 1. The number of nitrogens with zero attached hydrogens (tertiary/aromatic N) is 7. The number of fused-ring (bicyclic) bond motifs is 2. The number of rotatable bonds is 3. The van der Waals surface area contributed by atoms with Gasteiger partial charge in [-0.25, -0.2) is 9.59 Å². The molecule has 0 unspecified atom stereocenters. The zero-order valence-electron chi connectivity index (χ0n) is 27.1. The van der Waals surface area contributed by atoms with E-state index in [9.17, 15) is 62.6 Å². The molecule has 3 heterocycles. The number of alkyl halides is 12. The number of carbonyl (C=O) groups is 1. The largest absolute Gasteiger partial charge is 3.00 e. The van der Waals surface area contributed by atoms with E-state index in [2.05, 4.69) is 37.5 Å². The molecule has 0 aliphatic carbocycles. The first kappa shape index (κ1) is 42.8. The monoisotopic (exact) mass is 975 g/mol. The molecule has 56 heavy (non-hydrogen) atoms. The molecule has 0 fully saturated rings. The van der Waals surface area contributed by atoms with Gasteiger partial charge in [-0.1, -0.05) is 30.3 Å². The number of aromatic nitrogens is 7. The first-order chi connectivity index (χ1) is 25.7. The van der Waals surface area contributed by atoms with Crippen LogP contribution in [0.15, 0.2) is 97.2 Å². The van der Waals surface area contributed by atoms with Crippen LogP contribution in [0.2, 0.25) is 0 Å². The summed E-state index contributed by atoms with van der Waals surface area (Å²) < 4.78 is 157. The van der Waals surface area contributed by atoms with Crippen molar-refractivity contribution in [2.45, 2.75) is 24.7 Å². The standard InChI is InChI=1S/2C14H6F6N3.C6H5NO2.Ir/c2*15-13(16,17)8-4-3-7-11(12(8)14(18,19)20)23-21-9-5-1-2-6-10(9)22-23;8-6(9)5-3-1-2-4-7-5;/h2*1-2,4-7H;1-4H,(H,8,9);/q2*-1;;+3/p-1. The van der Waals surface area contributed by atoms with Crippen molar-refractivity contribution in [1.29, 1.82) is 0 Å². The Bertz CT molecular complexity index is 2230. The molecule has 22 heteroatoms. The summed E-state index contributed by atoms with van der Waals surface area (Å²) in [5.41, 5.74) is -7.99. The molecule has 292 valence electrons. The van der Waals surface area contributed by atoms with Gasteiger partial charge in [-0.2, -0.15) is 97.3 Å². The summed E-state index contributed by atoms with van der Waals surface area (Å²) in [6.07, 6.45) is -19.4. The number of carbonyl (C=O) groups excluding carboxylic acids is 1. The van der Waals surface area contributed by atoms with E-state index in [4.69, 9.17) is 0 Å². The van der Waals surface area contributed by atoms with Crippen LogP contribution in [0.4, 0.5) is 52.7 Å². The van der Waals surface area contributed by atoms with Gasteiger partial charge in [0.25, 0.3) is 0 Å². The summed E-state index contributed by atoms with van der Waals surface area (Å²) in [5, 5.41) is 25.2. The SMILES string of the molecule is FC(F)(F)c1c[c-]cc(-n2nc3ccccc3n2)c1C(F)(F)F.FC(F)(F)c1c[c-]cc(-n2nc3ccccc3n2)c1C(F)(F)F.O=C([O-])c1ccccn1.[Ir+3]. The molecule has 0 atom stereocenters. The molecule has 0 saturated heterocycles. The van der Waals surface area contributed by atoms with E-state index >= 15 is 0 Å². The van der Waals surface area contributed by atoms with Gasteiger partial charge in [0.05, 0.1) is 11.7 Å². The minimum absolute atomic E-state index is 0. The first-order valence-corrected chi connectivity index (χ1v) is 14.8. The number of hydrogen-bond acceptors (Lipinski definition) is 7. The van der Waals surface area contributed by atoms with Crippen molar-refractivity contribution in [3.8, 4) is 11.4 Å². The van der Waals surface area contributed by atoms with E-state index in [0.717, 1.165) is 12.1 Å². The molecule has 0 bridgehead atoms. The predicted octanol–water partition coefficient (Wildman–Crippen LogP) is 7.96. The van der Waals surface area contributed by atoms with Crippen molar-refractivity contribution < 1.29 is 82.7 Å². The molecule has 7 aromatic rings. The van der Waals surface area contributed by atoms with Crippen molar-refractivity contribution in [3.05, 3.63) is 137 Å². The number of aromatic carboxylic acids is 1. The van der Waals surface area contributed by atoms with E-state index in [1.165, 1.54) is 36.5 Å². The van der Waals surface area contributed by atoms with Crippen LogP contribution in [0.5, 0.6) is 0 Å². The third-order valence-electron chi connectivity index (χ3n) is 7.00. The van der Waals surface area contributed by atoms with E-state index in [0.29, 0.717) is 9.59 Å². The number of pyridine rings is 1. The van der Waals surface area contributed by atoms with E-state index in [1.54, 1.807) is 36.4 Å². The summed E-state index contributed by atoms with van der Waals surface area (Å²) in [7, 11) is 0. The van der Waals surface area contributed by atoms with E-state index < -0.39 is 64.3 Å². The van der Waals surface area contributed by atoms with Crippen molar-refractivity contribution >= 4 is 28.0 Å². The van der Waals surface area contributed by atoms with Crippen LogP contribution in [-0.2, 0) is 44.8 Å². The van der Waals surface area contributed by atoms with Crippen molar-refractivity contribution in [2.24, 2.45) is 0 Å². The average Bonchev–Trinajstić information content (AvgIpc) is 3.75. The second kappa shape index (κ2) is 16.5. The van der Waals surface area contributed by atoms with Gasteiger partial charge in [0.2, 0.25) is 0 Å². The zero-order chi connectivity index (χ0) is 40.3. The molecule has 0 N–H and O–H groups in total. The fourth-order valence-electron chi connectivity index (χ4n) is 4.75. The third-order valence-corrected chi connectivity index (χ3v) is 7.00. The van der Waals surface area contributed by atoms with Crippen LogP contribution in [-0.4, -0.2) is 40.9 Å². The molecule has 0 amide bonds. The summed E-state index contributed by atoms with van der Waals surface area (Å²) in [6, 6.07) is 23.1. The Balaban J connectivity index is 0.000000201. The van der Waals surface area contributed by atoms with Crippen molar-refractivity contribution in [2.75, 3.05) is 0 Å². The van der Waals surface area contributed by atoms with E-state index in [1.807, 2.05) is 0 Å². The van der Waals surface area contributed by atoms with Gasteiger partial charge in [0, 0.05) is 6.20 Å². The Morgan fingerprint density at radius 2 is 0.857 bits per heavy atom. The Morgan fingerprint density at radius 1 is 0.518 bits per heavy atom. The smallest absolute Gasteiger partial charge is 0.543 e. The molecule has 4 aromatic carbocycles. The number of carboxylic acids is 1. The minimum atomic E-state index is -5.23. The zero-order valence-corrected chi connectivity index (χ0v) is 29.4. The van der Waals surface area contributed by atoms with Crippen LogP contribution in [0.3, 0.4) is 0 Å². The number of hydrogen-bond donors (Lipinski definition) is 0. The van der Waals surface area contributed by atoms with Gasteiger partial charge >= 0.3 is 44.8 Å². The molecule has 7 rings (SSSR count). The van der Waals surface area contributed by atoms with Crippen LogP contribution < -0.4 is 5.11 Å². The molecular weight excluding hydrogens is 959 g/mol. The summed E-state index contributed by atoms with van der Waals surface area (Å²) in [6.45, 7) is 0. The maximum Gasteiger partial charge on any atom is 3.00 e. The second-order valence-electron chi connectivity index (χ2n) is 10.7. The van der Waals surface area contributed by atoms with Gasteiger partial charge in [0.15, 0.2) is 0 Å². The normalized spacial score (nSPS) is 11.9. The maximum atomic E-state index is 13.2. The Kier molecular flexibility index (Phi) is 12.6. The molecular formula is C34H16F12IrN7O2. The summed E-state index contributed by atoms with van der Waals surface area (Å²) in [5.74, 6) is -1.24. The number of benzene rings is 4. The quantitative estimate of drug-likeness (QED) is 0.131. The summed E-state index contributed by atoms with van der Waals surface area (Å²) >= 11 is 0. The molecule has 0 aliphatic rings. The topological polar surface area (TPSA) is 114 Å². The van der Waals surface area contributed by atoms with Crippen LogP contribution in [0.25, 0.3) is 33.4 Å². The molecule has 9 nitrogen and oxygen atoms in total. The molecule has 0 aliphatic heterocycles. The van der Waals surface area contributed by atoms with Gasteiger partial charge < -0.3 is 9.90 Å². The molecule has 0 radical (unpaired) electrons. The van der Waals surface area contributed by atoms with Crippen LogP contribution in [0.1, 0.15) is 32.7 Å². The fourth-order valence-corrected chi connectivity index (χ4v) is 4.75. The van der Waals surface area contributed by atoms with Crippen molar-refractivity contribution in [3.63, 3.8) is 0 Å². The molecule has 0 saturated carbocycles. The first-order valence-electron chi connectivity index (χ1n) is 14.8. The molecule has 0 spiro atoms. The fraction of sp³-hybridized carbons (Fsp3) is 0.118. The van der Waals surface area contributed by atoms with Crippen LogP contribution >= 0.6 is 0 Å². The van der Waals surface area contributed by atoms with E-state index in [-0.39, 0.29) is 60.0 Å². The summed E-state index contributed by atoms with van der Waals surface area (Å²) in [4.78, 5) is 14.6. The Hall–Kier alpha value is -5.89. The van der Waals surface area contributed by atoms with Crippen LogP contribution in [0, 0.1) is 12.1 Å². The molecule has 3 aromatic heterocycles. The third kappa shape index (κ3) is 9.85. The van der Waals surface area contributed by atoms with Gasteiger partial charge in [-0.05, 0) is 70.0 Å².